The molecule has 4 aliphatic rings. The monoisotopic (exact) mass is 618 g/mol. The molecule has 2 aromatic carbocycles. The molecule has 4 aliphatic heterocycles. The molecule has 0 saturated carbocycles. The third-order valence-corrected chi connectivity index (χ3v) is 9.23. The number of rotatable bonds is 6. The summed E-state index contributed by atoms with van der Waals surface area (Å²) in [7, 11) is 0. The Labute approximate surface area is 272 Å². The van der Waals surface area contributed by atoms with Crippen LogP contribution in [0.15, 0.2) is 36.4 Å². The molecule has 8 nitrogen and oxygen atoms in total. The van der Waals surface area contributed by atoms with Crippen molar-refractivity contribution in [1.29, 1.82) is 0 Å². The van der Waals surface area contributed by atoms with Gasteiger partial charge >= 0.3 is 6.09 Å². The molecule has 0 aromatic heterocycles. The predicted molar refractivity (Wildman–Crippen MR) is 186 cm³/mol. The summed E-state index contributed by atoms with van der Waals surface area (Å²) >= 11 is 0. The second-order valence-electron chi connectivity index (χ2n) is 14.5. The summed E-state index contributed by atoms with van der Waals surface area (Å²) in [5.41, 5.74) is 7.95. The molecule has 2 aromatic rings. The summed E-state index contributed by atoms with van der Waals surface area (Å²) in [5.74, 6) is 0. The molecule has 1 N–H and O–H groups in total. The fourth-order valence-electron chi connectivity index (χ4n) is 6.98. The normalized spacial score (nSPS) is 19.9. The highest BCUT2D eigenvalue weighted by molar-refractivity contribution is 5.68. The Hall–Kier alpha value is -2.81. The zero-order chi connectivity index (χ0) is 31.8. The van der Waals surface area contributed by atoms with Crippen LogP contribution in [0, 0.1) is 13.8 Å². The second kappa shape index (κ2) is 15.7. The first-order valence-corrected chi connectivity index (χ1v) is 17.5. The van der Waals surface area contributed by atoms with Gasteiger partial charge in [-0.15, -0.1) is 0 Å². The molecule has 4 heterocycles. The fourth-order valence-corrected chi connectivity index (χ4v) is 6.98. The number of amides is 1. The van der Waals surface area contributed by atoms with Gasteiger partial charge in [0.25, 0.3) is 0 Å². The number of anilines is 2. The van der Waals surface area contributed by atoms with Gasteiger partial charge in [0.05, 0.1) is 0 Å². The number of piperazine rings is 2. The van der Waals surface area contributed by atoms with Gasteiger partial charge in [0.1, 0.15) is 5.60 Å². The van der Waals surface area contributed by atoms with E-state index in [1.807, 2.05) is 25.7 Å². The molecule has 8 heteroatoms. The highest BCUT2D eigenvalue weighted by Gasteiger charge is 2.26. The first-order chi connectivity index (χ1) is 21.6. The van der Waals surface area contributed by atoms with E-state index in [1.165, 1.54) is 98.6 Å². The van der Waals surface area contributed by atoms with Crippen molar-refractivity contribution in [2.75, 3.05) is 88.3 Å². The summed E-state index contributed by atoms with van der Waals surface area (Å²) in [6.45, 7) is 24.9. The van der Waals surface area contributed by atoms with Crippen molar-refractivity contribution < 1.29 is 9.53 Å². The van der Waals surface area contributed by atoms with Gasteiger partial charge in [0.15, 0.2) is 0 Å². The first kappa shape index (κ1) is 33.6. The van der Waals surface area contributed by atoms with Crippen LogP contribution in [0.3, 0.4) is 0 Å². The fraction of sp³-hybridized carbons (Fsp3) is 0.649. The maximum Gasteiger partial charge on any atom is 0.410 e. The van der Waals surface area contributed by atoms with E-state index in [0.717, 1.165) is 52.4 Å². The van der Waals surface area contributed by atoms with Crippen molar-refractivity contribution in [3.8, 4) is 0 Å². The summed E-state index contributed by atoms with van der Waals surface area (Å²) in [4.78, 5) is 24.0. The molecule has 4 saturated heterocycles. The number of aryl methyl sites for hydroxylation is 2. The Morgan fingerprint density at radius 1 is 0.644 bits per heavy atom. The predicted octanol–water partition coefficient (Wildman–Crippen LogP) is 5.65. The molecule has 0 bridgehead atoms. The maximum absolute atomic E-state index is 12.2. The SMILES string of the molecule is Cc1cc(CN2CCN(C(=O)OC(C)(C)C)CC2)cc(N2CCCC2)c1.Cc1cc(CN2CCNCC2)cc(N2CCCC2)c1. The number of ether oxygens (including phenoxy) is 1. The molecular weight excluding hydrogens is 560 g/mol. The Balaban J connectivity index is 0.000000186. The zero-order valence-electron chi connectivity index (χ0n) is 28.7. The van der Waals surface area contributed by atoms with Crippen molar-refractivity contribution in [3.63, 3.8) is 0 Å². The van der Waals surface area contributed by atoms with Gasteiger partial charge < -0.3 is 24.8 Å². The molecule has 1 amide bonds. The van der Waals surface area contributed by atoms with Crippen LogP contribution in [0.4, 0.5) is 16.2 Å². The Morgan fingerprint density at radius 3 is 1.53 bits per heavy atom. The van der Waals surface area contributed by atoms with Crippen molar-refractivity contribution in [2.45, 2.75) is 79.0 Å². The zero-order valence-corrected chi connectivity index (χ0v) is 28.7. The minimum atomic E-state index is -0.429. The van der Waals surface area contributed by atoms with E-state index in [4.69, 9.17) is 4.74 Å². The molecule has 45 heavy (non-hydrogen) atoms. The van der Waals surface area contributed by atoms with Crippen molar-refractivity contribution in [2.24, 2.45) is 0 Å². The lowest BCUT2D eigenvalue weighted by atomic mass is 10.1. The van der Waals surface area contributed by atoms with Gasteiger partial charge in [-0.2, -0.15) is 0 Å². The molecular formula is C37H58N6O2. The van der Waals surface area contributed by atoms with Crippen LogP contribution in [-0.4, -0.2) is 105 Å². The number of benzene rings is 2. The third-order valence-electron chi connectivity index (χ3n) is 9.23. The second-order valence-corrected chi connectivity index (χ2v) is 14.5. The van der Waals surface area contributed by atoms with Crippen LogP contribution >= 0.6 is 0 Å². The maximum atomic E-state index is 12.2. The van der Waals surface area contributed by atoms with Crippen LogP contribution in [0.1, 0.15) is 68.7 Å². The smallest absolute Gasteiger partial charge is 0.410 e. The van der Waals surface area contributed by atoms with Crippen LogP contribution in [0.5, 0.6) is 0 Å². The van der Waals surface area contributed by atoms with E-state index in [9.17, 15) is 4.79 Å². The van der Waals surface area contributed by atoms with Gasteiger partial charge in [0, 0.05) is 103 Å². The standard InChI is InChI=1S/C21H33N3O2.C16H25N3/c1-17-13-18(15-19(14-17)23-7-5-6-8-23)16-22-9-11-24(12-10-22)20(25)26-21(2,3)4;1-14-10-15(13-18-8-4-17-5-9-18)12-16(11-14)19-6-2-3-7-19/h13-15H,5-12,16H2,1-4H3;10-12,17H,2-9,13H2,1H3. The van der Waals surface area contributed by atoms with Gasteiger partial charge in [-0.05, 0) is 107 Å². The molecule has 4 fully saturated rings. The number of nitrogens with one attached hydrogen (secondary N) is 1. The minimum Gasteiger partial charge on any atom is -0.444 e. The Kier molecular flexibility index (Phi) is 11.7. The number of carbonyl (C=O) groups excluding carboxylic acids is 1. The van der Waals surface area contributed by atoms with Crippen LogP contribution < -0.4 is 15.1 Å². The van der Waals surface area contributed by atoms with E-state index in [1.54, 1.807) is 0 Å². The number of hydrogen-bond donors (Lipinski definition) is 1. The summed E-state index contributed by atoms with van der Waals surface area (Å²) in [6, 6.07) is 14.0. The van der Waals surface area contributed by atoms with E-state index in [-0.39, 0.29) is 6.09 Å². The van der Waals surface area contributed by atoms with Gasteiger partial charge in [-0.25, -0.2) is 4.79 Å². The van der Waals surface area contributed by atoms with Gasteiger partial charge in [0.2, 0.25) is 0 Å². The van der Waals surface area contributed by atoms with Crippen LogP contribution in [-0.2, 0) is 17.8 Å². The number of nitrogens with zero attached hydrogens (tertiary/aromatic N) is 5. The van der Waals surface area contributed by atoms with Gasteiger partial charge in [-0.3, -0.25) is 9.80 Å². The molecule has 0 aliphatic carbocycles. The van der Waals surface area contributed by atoms with Crippen LogP contribution in [0.2, 0.25) is 0 Å². The lowest BCUT2D eigenvalue weighted by Gasteiger charge is -2.35. The summed E-state index contributed by atoms with van der Waals surface area (Å²) < 4.78 is 5.48. The average molecular weight is 619 g/mol. The van der Waals surface area contributed by atoms with E-state index >= 15 is 0 Å². The van der Waals surface area contributed by atoms with Crippen LogP contribution in [0.25, 0.3) is 0 Å². The molecule has 0 unspecified atom stereocenters. The minimum absolute atomic E-state index is 0.191. The molecule has 248 valence electrons. The summed E-state index contributed by atoms with van der Waals surface area (Å²) in [5, 5.41) is 3.42. The molecule has 0 spiro atoms. The Bertz CT molecular complexity index is 1230. The number of hydrogen-bond acceptors (Lipinski definition) is 7. The molecule has 6 rings (SSSR count). The van der Waals surface area contributed by atoms with E-state index in [0.29, 0.717) is 0 Å². The first-order valence-electron chi connectivity index (χ1n) is 17.5. The van der Waals surface area contributed by atoms with Crippen molar-refractivity contribution in [1.82, 2.24) is 20.0 Å². The quantitative estimate of drug-likeness (QED) is 0.449. The largest absolute Gasteiger partial charge is 0.444 e. The highest BCUT2D eigenvalue weighted by atomic mass is 16.6. The lowest BCUT2D eigenvalue weighted by molar-refractivity contribution is 0.0139. The highest BCUT2D eigenvalue weighted by Crippen LogP contribution is 2.25. The van der Waals surface area contributed by atoms with Crippen molar-refractivity contribution >= 4 is 17.5 Å². The van der Waals surface area contributed by atoms with Crippen molar-refractivity contribution in [3.05, 3.63) is 58.7 Å². The Morgan fingerprint density at radius 2 is 1.09 bits per heavy atom. The van der Waals surface area contributed by atoms with E-state index in [2.05, 4.69) is 75.2 Å². The topological polar surface area (TPSA) is 54.5 Å². The third kappa shape index (κ3) is 10.3. The van der Waals surface area contributed by atoms with E-state index < -0.39 is 5.60 Å². The molecule has 0 radical (unpaired) electrons. The summed E-state index contributed by atoms with van der Waals surface area (Å²) in [6.07, 6.45) is 5.11. The lowest BCUT2D eigenvalue weighted by Crippen LogP contribution is -2.49. The van der Waals surface area contributed by atoms with Gasteiger partial charge in [-0.1, -0.05) is 12.1 Å². The molecule has 0 atom stereocenters. The number of carbonyl (C=O) groups is 1. The average Bonchev–Trinajstić information content (AvgIpc) is 3.73.